The van der Waals surface area contributed by atoms with Crippen molar-refractivity contribution in [3.8, 4) is 0 Å². The SMILES string of the molecule is CC/C=C\C/C=C\C/C=C\C/C=C\C/C=C\CCCCCCCCCCCCCCCCCC(=O)NC(COP(=O)(O)OCC[N+](C)(C)C)C(O)/C=C/CCCCCCCCCCCCCCCCCCCCCCCC. The van der Waals surface area contributed by atoms with Crippen molar-refractivity contribution in [2.75, 3.05) is 40.9 Å². The lowest BCUT2D eigenvalue weighted by Gasteiger charge is -2.25. The minimum Gasteiger partial charge on any atom is -0.387 e. The lowest BCUT2D eigenvalue weighted by Crippen LogP contribution is -2.45. The van der Waals surface area contributed by atoms with Crippen LogP contribution in [0.3, 0.4) is 0 Å². The lowest BCUT2D eigenvalue weighted by molar-refractivity contribution is -0.870. The molecular weight excluding hydrogens is 972 g/mol. The first-order chi connectivity index (χ1) is 37.5. The third-order valence-electron chi connectivity index (χ3n) is 14.7. The maximum atomic E-state index is 13.0. The molecule has 0 saturated carbocycles. The third kappa shape index (κ3) is 61.4. The first-order valence-electron chi connectivity index (χ1n) is 32.8. The Morgan fingerprint density at radius 3 is 1.14 bits per heavy atom. The second-order valence-corrected chi connectivity index (χ2v) is 24.9. The zero-order chi connectivity index (χ0) is 56.3. The van der Waals surface area contributed by atoms with Crippen LogP contribution in [-0.2, 0) is 18.4 Å². The number of phosphoric ester groups is 1. The summed E-state index contributed by atoms with van der Waals surface area (Å²) < 4.78 is 23.8. The number of aliphatic hydroxyl groups is 1. The van der Waals surface area contributed by atoms with Crippen LogP contribution in [0.2, 0.25) is 0 Å². The van der Waals surface area contributed by atoms with Crippen LogP contribution < -0.4 is 5.32 Å². The average Bonchev–Trinajstić information content (AvgIpc) is 3.39. The van der Waals surface area contributed by atoms with E-state index in [1.165, 1.54) is 212 Å². The first-order valence-corrected chi connectivity index (χ1v) is 34.3. The smallest absolute Gasteiger partial charge is 0.387 e. The van der Waals surface area contributed by atoms with Gasteiger partial charge in [-0.15, -0.1) is 0 Å². The summed E-state index contributed by atoms with van der Waals surface area (Å²) in [6.07, 6.45) is 81.7. The van der Waals surface area contributed by atoms with Crippen molar-refractivity contribution >= 4 is 13.7 Å². The molecule has 3 atom stereocenters. The third-order valence-corrected chi connectivity index (χ3v) is 15.7. The Morgan fingerprint density at radius 1 is 0.455 bits per heavy atom. The van der Waals surface area contributed by atoms with Crippen LogP contribution in [0.15, 0.2) is 72.9 Å². The highest BCUT2D eigenvalue weighted by Gasteiger charge is 2.28. The van der Waals surface area contributed by atoms with E-state index in [-0.39, 0.29) is 19.1 Å². The van der Waals surface area contributed by atoms with Gasteiger partial charge in [0.2, 0.25) is 5.91 Å². The second-order valence-electron chi connectivity index (χ2n) is 23.5. The van der Waals surface area contributed by atoms with Gasteiger partial charge >= 0.3 is 7.82 Å². The first kappa shape index (κ1) is 74.9. The van der Waals surface area contributed by atoms with Crippen LogP contribution in [0.5, 0.6) is 0 Å². The minimum atomic E-state index is -4.35. The number of amides is 1. The van der Waals surface area contributed by atoms with E-state index in [0.29, 0.717) is 17.4 Å². The number of carbonyl (C=O) groups is 1. The second kappa shape index (κ2) is 58.6. The Labute approximate surface area is 478 Å². The van der Waals surface area contributed by atoms with Crippen LogP contribution in [0.25, 0.3) is 0 Å². The van der Waals surface area contributed by atoms with E-state index >= 15 is 0 Å². The van der Waals surface area contributed by atoms with Crippen molar-refractivity contribution in [3.63, 3.8) is 0 Å². The number of allylic oxidation sites excluding steroid dienone is 11. The summed E-state index contributed by atoms with van der Waals surface area (Å²) in [7, 11) is 1.58. The number of rotatable bonds is 60. The molecule has 0 bridgehead atoms. The van der Waals surface area contributed by atoms with Gasteiger partial charge in [-0.05, 0) is 64.2 Å². The van der Waals surface area contributed by atoms with E-state index in [0.717, 1.165) is 70.6 Å². The van der Waals surface area contributed by atoms with Crippen molar-refractivity contribution in [2.24, 2.45) is 0 Å². The van der Waals surface area contributed by atoms with Crippen molar-refractivity contribution in [1.82, 2.24) is 5.32 Å². The number of nitrogens with one attached hydrogen (secondary N) is 1. The van der Waals surface area contributed by atoms with Gasteiger partial charge in [-0.2, -0.15) is 0 Å². The molecule has 0 spiro atoms. The maximum absolute atomic E-state index is 13.0. The maximum Gasteiger partial charge on any atom is 0.472 e. The number of aliphatic hydroxyl groups excluding tert-OH is 1. The van der Waals surface area contributed by atoms with Gasteiger partial charge in [-0.1, -0.05) is 305 Å². The summed E-state index contributed by atoms with van der Waals surface area (Å²) in [4.78, 5) is 23.4. The van der Waals surface area contributed by atoms with E-state index < -0.39 is 20.0 Å². The van der Waals surface area contributed by atoms with E-state index in [1.807, 2.05) is 27.2 Å². The molecule has 3 unspecified atom stereocenters. The fourth-order valence-electron chi connectivity index (χ4n) is 9.60. The van der Waals surface area contributed by atoms with Crippen LogP contribution in [0.4, 0.5) is 0 Å². The number of quaternary nitrogens is 1. The van der Waals surface area contributed by atoms with Gasteiger partial charge in [0.1, 0.15) is 13.2 Å². The standard InChI is InChI=1S/C68H127N2O6P/c1-6-8-10-12-14-16-18-20-22-24-26-28-30-32-33-34-35-36-37-38-40-42-44-46-48-50-52-54-56-58-60-62-68(72)69-66(65-76-77(73,74)75-64-63-70(3,4)5)67(71)61-59-57-55-53-51-49-47-45-43-41-39-31-29-27-25-23-21-19-17-15-13-11-9-7-2/h8,10,14,16,20,22,26,28,32-33,59,61,66-67,71H,6-7,9,11-13,15,17-19,21,23-25,27,29-31,34-58,60,62-65H2,1-5H3,(H-,69,72,73,74)/p+1/b10-8-,16-14-,22-20-,28-26-,33-32-,61-59+. The topological polar surface area (TPSA) is 105 Å². The van der Waals surface area contributed by atoms with Gasteiger partial charge in [-0.3, -0.25) is 13.8 Å². The van der Waals surface area contributed by atoms with E-state index in [9.17, 15) is 19.4 Å². The molecule has 1 amide bonds. The molecule has 0 aromatic rings. The highest BCUT2D eigenvalue weighted by molar-refractivity contribution is 7.47. The Hall–Kier alpha value is -2.06. The number of carbonyl (C=O) groups excluding carboxylic acids is 1. The molecule has 0 aromatic heterocycles. The highest BCUT2D eigenvalue weighted by atomic mass is 31.2. The van der Waals surface area contributed by atoms with E-state index in [1.54, 1.807) is 6.08 Å². The highest BCUT2D eigenvalue weighted by Crippen LogP contribution is 2.43. The molecule has 8 nitrogen and oxygen atoms in total. The number of hydrogen-bond acceptors (Lipinski definition) is 5. The van der Waals surface area contributed by atoms with Crippen LogP contribution in [0, 0.1) is 0 Å². The molecule has 0 radical (unpaired) electrons. The molecule has 0 heterocycles. The predicted molar refractivity (Wildman–Crippen MR) is 337 cm³/mol. The molecule has 0 aromatic carbocycles. The number of phosphoric acid groups is 1. The molecule has 0 saturated heterocycles. The molecule has 0 rings (SSSR count). The van der Waals surface area contributed by atoms with E-state index in [2.05, 4.69) is 79.9 Å². The zero-order valence-electron chi connectivity index (χ0n) is 51.4. The molecule has 450 valence electrons. The van der Waals surface area contributed by atoms with Crippen molar-refractivity contribution in [1.29, 1.82) is 0 Å². The molecule has 0 aliphatic heterocycles. The molecule has 9 heteroatoms. The van der Waals surface area contributed by atoms with Gasteiger partial charge in [0.25, 0.3) is 0 Å². The van der Waals surface area contributed by atoms with Gasteiger partial charge in [0.05, 0.1) is 39.9 Å². The fraction of sp³-hybridized carbons (Fsp3) is 0.809. The van der Waals surface area contributed by atoms with Gasteiger partial charge in [0, 0.05) is 6.42 Å². The largest absolute Gasteiger partial charge is 0.472 e. The molecular formula is C68H128N2O6P+. The summed E-state index contributed by atoms with van der Waals surface area (Å²) >= 11 is 0. The van der Waals surface area contributed by atoms with Crippen LogP contribution in [0.1, 0.15) is 303 Å². The van der Waals surface area contributed by atoms with Crippen molar-refractivity contribution in [2.45, 2.75) is 315 Å². The number of unbranched alkanes of at least 4 members (excludes halogenated alkanes) is 37. The molecule has 0 fully saturated rings. The zero-order valence-corrected chi connectivity index (χ0v) is 52.3. The van der Waals surface area contributed by atoms with Crippen molar-refractivity contribution < 1.29 is 32.9 Å². The average molecular weight is 1100 g/mol. The Balaban J connectivity index is 4.11. The Bertz CT molecular complexity index is 1480. The lowest BCUT2D eigenvalue weighted by atomic mass is 10.0. The monoisotopic (exact) mass is 1100 g/mol. The van der Waals surface area contributed by atoms with Gasteiger partial charge in [-0.25, -0.2) is 4.57 Å². The Morgan fingerprint density at radius 2 is 0.779 bits per heavy atom. The molecule has 77 heavy (non-hydrogen) atoms. The number of nitrogens with zero attached hydrogens (tertiary/aromatic N) is 1. The Kier molecular flexibility index (Phi) is 57.0. The fourth-order valence-corrected chi connectivity index (χ4v) is 10.3. The summed E-state index contributed by atoms with van der Waals surface area (Å²) in [6, 6.07) is -0.850. The molecule has 0 aliphatic carbocycles. The quantitative estimate of drug-likeness (QED) is 0.0243. The number of likely N-dealkylation sites (N-methyl/N-ethyl adjacent to an activating group) is 1. The van der Waals surface area contributed by atoms with Gasteiger partial charge < -0.3 is 19.8 Å². The van der Waals surface area contributed by atoms with E-state index in [4.69, 9.17) is 9.05 Å². The summed E-state index contributed by atoms with van der Waals surface area (Å²) in [5.41, 5.74) is 0. The molecule has 3 N–H and O–H groups in total. The normalized spacial score (nSPS) is 14.2. The molecule has 0 aliphatic rings. The number of hydrogen-bond donors (Lipinski definition) is 3. The summed E-state index contributed by atoms with van der Waals surface area (Å²) in [5, 5.41) is 14.0. The minimum absolute atomic E-state index is 0.0605. The van der Waals surface area contributed by atoms with Gasteiger partial charge in [0.15, 0.2) is 0 Å². The van der Waals surface area contributed by atoms with Crippen LogP contribution >= 0.6 is 7.82 Å². The van der Waals surface area contributed by atoms with Crippen molar-refractivity contribution in [3.05, 3.63) is 72.9 Å². The van der Waals surface area contributed by atoms with Crippen LogP contribution in [-0.4, -0.2) is 73.4 Å². The summed E-state index contributed by atoms with van der Waals surface area (Å²) in [6.45, 7) is 4.74. The predicted octanol–water partition coefficient (Wildman–Crippen LogP) is 20.6. The summed E-state index contributed by atoms with van der Waals surface area (Å²) in [5.74, 6) is -0.175.